The minimum Gasteiger partial charge on any atom is -0.478 e. The van der Waals surface area contributed by atoms with Crippen LogP contribution < -0.4 is 5.32 Å². The van der Waals surface area contributed by atoms with Gasteiger partial charge in [-0.1, -0.05) is 19.3 Å². The van der Waals surface area contributed by atoms with Gasteiger partial charge in [0.1, 0.15) is 17.1 Å². The van der Waals surface area contributed by atoms with E-state index in [4.69, 9.17) is 9.52 Å². The molecule has 1 saturated carbocycles. The van der Waals surface area contributed by atoms with E-state index in [0.29, 0.717) is 24.1 Å². The number of carbonyl (C=O) groups is 1. The molecule has 0 spiro atoms. The summed E-state index contributed by atoms with van der Waals surface area (Å²) in [6.45, 7) is 4.51. The molecule has 1 aliphatic rings. The van der Waals surface area contributed by atoms with Crippen molar-refractivity contribution in [3.8, 4) is 0 Å². The summed E-state index contributed by atoms with van der Waals surface area (Å²) >= 11 is 0. The fourth-order valence-corrected chi connectivity index (χ4v) is 2.91. The topological polar surface area (TPSA) is 62.5 Å². The molecule has 0 aliphatic heterocycles. The number of nitrogens with one attached hydrogen (secondary N) is 1. The van der Waals surface area contributed by atoms with E-state index >= 15 is 0 Å². The van der Waals surface area contributed by atoms with Crippen molar-refractivity contribution in [3.63, 3.8) is 0 Å². The molecule has 0 aromatic carbocycles. The molecule has 1 aliphatic carbocycles. The Morgan fingerprint density at radius 2 is 2.16 bits per heavy atom. The Hall–Kier alpha value is -1.29. The molecule has 4 nitrogen and oxygen atoms in total. The fraction of sp³-hybridized carbons (Fsp3) is 0.667. The van der Waals surface area contributed by atoms with Crippen LogP contribution in [-0.2, 0) is 6.54 Å². The Bertz CT molecular complexity index is 433. The molecule has 1 aromatic rings. The van der Waals surface area contributed by atoms with Crippen molar-refractivity contribution < 1.29 is 14.3 Å². The largest absolute Gasteiger partial charge is 0.478 e. The summed E-state index contributed by atoms with van der Waals surface area (Å²) in [6, 6.07) is 2.08. The lowest BCUT2D eigenvalue weighted by Gasteiger charge is -2.28. The molecule has 0 bridgehead atoms. The Labute approximate surface area is 114 Å². The average molecular weight is 265 g/mol. The first kappa shape index (κ1) is 14.1. The first-order chi connectivity index (χ1) is 9.08. The molecule has 0 amide bonds. The van der Waals surface area contributed by atoms with Crippen LogP contribution in [0.15, 0.2) is 10.5 Å². The number of aromatic carboxylic acids is 1. The van der Waals surface area contributed by atoms with E-state index in [-0.39, 0.29) is 5.56 Å². The van der Waals surface area contributed by atoms with Crippen molar-refractivity contribution in [3.05, 3.63) is 23.2 Å². The Kier molecular flexibility index (Phi) is 4.64. The van der Waals surface area contributed by atoms with E-state index in [1.165, 1.54) is 32.1 Å². The van der Waals surface area contributed by atoms with Gasteiger partial charge in [-0.05, 0) is 38.7 Å². The molecule has 1 aromatic heterocycles. The summed E-state index contributed by atoms with van der Waals surface area (Å²) < 4.78 is 5.47. The third kappa shape index (κ3) is 3.60. The van der Waals surface area contributed by atoms with Gasteiger partial charge in [-0.3, -0.25) is 0 Å². The SMILES string of the molecule is Cc1oc(CN[C@H](C)C2CCCCC2)cc1C(=O)O. The molecule has 0 radical (unpaired) electrons. The minimum absolute atomic E-state index is 0.266. The molecule has 2 rings (SSSR count). The highest BCUT2D eigenvalue weighted by atomic mass is 16.4. The van der Waals surface area contributed by atoms with Crippen LogP contribution in [0.4, 0.5) is 0 Å². The number of carboxylic acid groups (broad SMARTS) is 1. The molecule has 4 heteroatoms. The maximum absolute atomic E-state index is 10.9. The Morgan fingerprint density at radius 1 is 1.47 bits per heavy atom. The molecule has 19 heavy (non-hydrogen) atoms. The zero-order valence-corrected chi connectivity index (χ0v) is 11.7. The number of hydrogen-bond acceptors (Lipinski definition) is 3. The molecule has 0 unspecified atom stereocenters. The highest BCUT2D eigenvalue weighted by molar-refractivity contribution is 5.88. The lowest BCUT2D eigenvalue weighted by Crippen LogP contribution is -2.34. The molecular weight excluding hydrogens is 242 g/mol. The standard InChI is InChI=1S/C15H23NO3/c1-10(12-6-4-3-5-7-12)16-9-13-8-14(15(17)18)11(2)19-13/h8,10,12,16H,3-7,9H2,1-2H3,(H,17,18)/t10-/m1/s1. The summed E-state index contributed by atoms with van der Waals surface area (Å²) in [5.41, 5.74) is 0.266. The summed E-state index contributed by atoms with van der Waals surface area (Å²) in [4.78, 5) is 10.9. The minimum atomic E-state index is -0.923. The van der Waals surface area contributed by atoms with Gasteiger partial charge in [0.25, 0.3) is 0 Å². The van der Waals surface area contributed by atoms with Gasteiger partial charge >= 0.3 is 5.97 Å². The first-order valence-corrected chi connectivity index (χ1v) is 7.14. The number of carboxylic acids is 1. The van der Waals surface area contributed by atoms with Crippen LogP contribution in [-0.4, -0.2) is 17.1 Å². The van der Waals surface area contributed by atoms with Gasteiger partial charge in [-0.15, -0.1) is 0 Å². The summed E-state index contributed by atoms with van der Waals surface area (Å²) in [7, 11) is 0. The third-order valence-electron chi connectivity index (χ3n) is 4.15. The molecule has 1 atom stereocenters. The zero-order valence-electron chi connectivity index (χ0n) is 11.7. The van der Waals surface area contributed by atoms with E-state index in [9.17, 15) is 4.79 Å². The highest BCUT2D eigenvalue weighted by Gasteiger charge is 2.20. The average Bonchev–Trinajstić information content (AvgIpc) is 2.78. The van der Waals surface area contributed by atoms with E-state index in [1.54, 1.807) is 13.0 Å². The van der Waals surface area contributed by atoms with Gasteiger partial charge in [0, 0.05) is 6.04 Å². The van der Waals surface area contributed by atoms with E-state index in [0.717, 1.165) is 5.92 Å². The Morgan fingerprint density at radius 3 is 2.74 bits per heavy atom. The van der Waals surface area contributed by atoms with Gasteiger partial charge < -0.3 is 14.8 Å². The summed E-state index contributed by atoms with van der Waals surface area (Å²) in [5.74, 6) is 1.00. The molecule has 1 heterocycles. The van der Waals surface area contributed by atoms with Crippen molar-refractivity contribution >= 4 is 5.97 Å². The van der Waals surface area contributed by atoms with E-state index in [2.05, 4.69) is 12.2 Å². The second-order valence-corrected chi connectivity index (χ2v) is 5.56. The van der Waals surface area contributed by atoms with Crippen LogP contribution in [0.25, 0.3) is 0 Å². The molecule has 2 N–H and O–H groups in total. The monoisotopic (exact) mass is 265 g/mol. The van der Waals surface area contributed by atoms with Crippen LogP contribution in [0.1, 0.15) is 60.9 Å². The molecule has 0 saturated heterocycles. The van der Waals surface area contributed by atoms with Crippen molar-refractivity contribution in [2.75, 3.05) is 0 Å². The predicted octanol–water partition coefficient (Wildman–Crippen LogP) is 3.34. The Balaban J connectivity index is 1.87. The fourth-order valence-electron chi connectivity index (χ4n) is 2.91. The smallest absolute Gasteiger partial charge is 0.339 e. The van der Waals surface area contributed by atoms with Crippen LogP contribution in [0.3, 0.4) is 0 Å². The molecule has 1 fully saturated rings. The highest BCUT2D eigenvalue weighted by Crippen LogP contribution is 2.26. The number of hydrogen-bond donors (Lipinski definition) is 2. The molecular formula is C15H23NO3. The van der Waals surface area contributed by atoms with Crippen molar-refractivity contribution in [2.45, 2.75) is 58.5 Å². The maximum atomic E-state index is 10.9. The third-order valence-corrected chi connectivity index (χ3v) is 4.15. The van der Waals surface area contributed by atoms with Gasteiger partial charge in [-0.25, -0.2) is 4.79 Å². The lowest BCUT2D eigenvalue weighted by molar-refractivity contribution is 0.0695. The maximum Gasteiger partial charge on any atom is 0.339 e. The molecule has 106 valence electrons. The second-order valence-electron chi connectivity index (χ2n) is 5.56. The zero-order chi connectivity index (χ0) is 13.8. The lowest BCUT2D eigenvalue weighted by atomic mass is 9.84. The van der Waals surface area contributed by atoms with Crippen LogP contribution >= 0.6 is 0 Å². The van der Waals surface area contributed by atoms with Crippen LogP contribution in [0, 0.1) is 12.8 Å². The van der Waals surface area contributed by atoms with E-state index < -0.39 is 5.97 Å². The van der Waals surface area contributed by atoms with E-state index in [1.807, 2.05) is 0 Å². The summed E-state index contributed by atoms with van der Waals surface area (Å²) in [5, 5.41) is 12.4. The quantitative estimate of drug-likeness (QED) is 0.857. The van der Waals surface area contributed by atoms with Gasteiger partial charge in [0.2, 0.25) is 0 Å². The summed E-state index contributed by atoms with van der Waals surface area (Å²) in [6.07, 6.45) is 6.62. The van der Waals surface area contributed by atoms with Crippen molar-refractivity contribution in [2.24, 2.45) is 5.92 Å². The second kappa shape index (κ2) is 6.24. The van der Waals surface area contributed by atoms with Gasteiger partial charge in [0.15, 0.2) is 0 Å². The number of rotatable bonds is 5. The van der Waals surface area contributed by atoms with Crippen LogP contribution in [0.5, 0.6) is 0 Å². The van der Waals surface area contributed by atoms with Crippen molar-refractivity contribution in [1.82, 2.24) is 5.32 Å². The van der Waals surface area contributed by atoms with Gasteiger partial charge in [0.05, 0.1) is 6.54 Å². The normalized spacial score (nSPS) is 18.4. The predicted molar refractivity (Wildman–Crippen MR) is 73.3 cm³/mol. The van der Waals surface area contributed by atoms with Gasteiger partial charge in [-0.2, -0.15) is 0 Å². The van der Waals surface area contributed by atoms with Crippen molar-refractivity contribution in [1.29, 1.82) is 0 Å². The number of furan rings is 1. The van der Waals surface area contributed by atoms with Crippen LogP contribution in [0.2, 0.25) is 0 Å². The number of aryl methyl sites for hydroxylation is 1. The first-order valence-electron chi connectivity index (χ1n) is 7.14.